The average molecular weight is 486 g/mol. The first-order valence-electron chi connectivity index (χ1n) is 10.3. The highest BCUT2D eigenvalue weighted by molar-refractivity contribution is 8.06. The molecule has 33 heavy (non-hydrogen) atoms. The number of nitroso groups, excluding NO2 is 1. The van der Waals surface area contributed by atoms with Crippen LogP contribution in [0.5, 0.6) is 5.75 Å². The van der Waals surface area contributed by atoms with Crippen molar-refractivity contribution in [2.75, 3.05) is 31.1 Å². The lowest BCUT2D eigenvalue weighted by Crippen LogP contribution is -2.46. The van der Waals surface area contributed by atoms with Crippen LogP contribution < -0.4 is 15.8 Å². The summed E-state index contributed by atoms with van der Waals surface area (Å²) in [5.74, 6) is -0.0812. The molecule has 11 heteroatoms. The molecule has 9 nitrogen and oxygen atoms in total. The molecule has 0 amide bonds. The lowest BCUT2D eigenvalue weighted by Gasteiger charge is -2.36. The number of anilines is 1. The van der Waals surface area contributed by atoms with E-state index in [2.05, 4.69) is 37.3 Å². The van der Waals surface area contributed by atoms with E-state index >= 15 is 0 Å². The Kier molecular flexibility index (Phi) is 7.19. The molecule has 0 unspecified atom stereocenters. The van der Waals surface area contributed by atoms with Crippen molar-refractivity contribution < 1.29 is 5.11 Å². The van der Waals surface area contributed by atoms with Gasteiger partial charge in [0.25, 0.3) is 0 Å². The van der Waals surface area contributed by atoms with Crippen LogP contribution in [0.1, 0.15) is 11.1 Å². The Morgan fingerprint density at radius 3 is 2.61 bits per heavy atom. The second kappa shape index (κ2) is 10.3. The number of nitrogens with zero attached hydrogens (tertiary/aromatic N) is 4. The molecule has 2 aromatic carbocycles. The van der Waals surface area contributed by atoms with Crippen molar-refractivity contribution in [2.24, 2.45) is 16.0 Å². The Morgan fingerprint density at radius 2 is 1.97 bits per heavy atom. The monoisotopic (exact) mass is 485 g/mol. The van der Waals surface area contributed by atoms with Crippen LogP contribution in [0, 0.1) is 4.91 Å². The molecule has 1 aliphatic heterocycles. The minimum Gasteiger partial charge on any atom is -0.507 e. The van der Waals surface area contributed by atoms with E-state index in [0.717, 1.165) is 60.8 Å². The van der Waals surface area contributed by atoms with Gasteiger partial charge in [-0.15, -0.1) is 4.91 Å². The van der Waals surface area contributed by atoms with Crippen molar-refractivity contribution in [1.29, 1.82) is 0 Å². The SMILES string of the molecule is N/C=C(\SN)c1ccc(CN2CCN(c3cn[nH]c3-c3cc(Cl)c(N=O)cc3O)CC2)cc1. The van der Waals surface area contributed by atoms with E-state index in [9.17, 15) is 10.0 Å². The number of nitrogens with two attached hydrogens (primary N) is 2. The van der Waals surface area contributed by atoms with E-state index in [0.29, 0.717) is 11.3 Å². The van der Waals surface area contributed by atoms with Gasteiger partial charge >= 0.3 is 0 Å². The number of rotatable bonds is 7. The van der Waals surface area contributed by atoms with Gasteiger partial charge in [-0.1, -0.05) is 35.9 Å². The molecular formula is C22H24ClN7O2S. The van der Waals surface area contributed by atoms with E-state index < -0.39 is 0 Å². The van der Waals surface area contributed by atoms with Gasteiger partial charge in [0, 0.05) is 55.5 Å². The molecule has 0 radical (unpaired) electrons. The average Bonchev–Trinajstić information content (AvgIpc) is 3.32. The lowest BCUT2D eigenvalue weighted by atomic mass is 10.1. The van der Waals surface area contributed by atoms with E-state index in [1.54, 1.807) is 6.20 Å². The third-order valence-corrected chi connectivity index (χ3v) is 6.62. The van der Waals surface area contributed by atoms with Crippen molar-refractivity contribution in [2.45, 2.75) is 6.54 Å². The molecule has 0 aliphatic carbocycles. The van der Waals surface area contributed by atoms with Gasteiger partial charge < -0.3 is 15.7 Å². The number of aromatic amines is 1. The zero-order chi connectivity index (χ0) is 23.4. The van der Waals surface area contributed by atoms with Gasteiger partial charge in [0.1, 0.15) is 11.4 Å². The molecule has 0 bridgehead atoms. The summed E-state index contributed by atoms with van der Waals surface area (Å²) in [6, 6.07) is 11.0. The van der Waals surface area contributed by atoms with Crippen LogP contribution in [-0.2, 0) is 6.54 Å². The first-order valence-corrected chi connectivity index (χ1v) is 11.5. The summed E-state index contributed by atoms with van der Waals surface area (Å²) < 4.78 is 0. The van der Waals surface area contributed by atoms with Gasteiger partial charge in [-0.25, -0.2) is 0 Å². The molecule has 0 atom stereocenters. The number of benzene rings is 2. The molecule has 4 rings (SSSR count). The molecule has 1 aromatic heterocycles. The molecule has 0 spiro atoms. The van der Waals surface area contributed by atoms with Crippen LogP contribution in [0.15, 0.2) is 54.0 Å². The van der Waals surface area contributed by atoms with Gasteiger partial charge in [-0.05, 0) is 34.3 Å². The van der Waals surface area contributed by atoms with Gasteiger partial charge in [0.2, 0.25) is 0 Å². The third kappa shape index (κ3) is 4.98. The van der Waals surface area contributed by atoms with E-state index in [-0.39, 0.29) is 16.5 Å². The smallest absolute Gasteiger partial charge is 0.130 e. The van der Waals surface area contributed by atoms with Crippen LogP contribution >= 0.6 is 23.5 Å². The molecule has 3 aromatic rings. The number of nitrogens with one attached hydrogen (secondary N) is 1. The summed E-state index contributed by atoms with van der Waals surface area (Å²) in [4.78, 5) is 16.3. The molecule has 172 valence electrons. The fraction of sp³-hybridized carbons (Fsp3) is 0.227. The third-order valence-electron chi connectivity index (χ3n) is 5.69. The van der Waals surface area contributed by atoms with Crippen molar-refractivity contribution >= 4 is 39.8 Å². The van der Waals surface area contributed by atoms with Gasteiger partial charge in [-0.3, -0.25) is 15.1 Å². The topological polar surface area (TPSA) is 137 Å². The molecule has 1 aliphatic rings. The van der Waals surface area contributed by atoms with Crippen LogP contribution in [0.25, 0.3) is 16.2 Å². The minimum atomic E-state index is -0.0812. The van der Waals surface area contributed by atoms with Crippen LogP contribution in [0.2, 0.25) is 5.02 Å². The standard InChI is InChI=1S/C22H24ClN7O2S/c23-17-9-16(20(31)10-18(17)28-32)22-19(12-26-27-22)30-7-5-29(6-8-30)13-14-1-3-15(4-2-14)21(11-24)33-25/h1-4,9-12,31H,5-8,13,24-25H2,(H,26,27)/b21-11-. The highest BCUT2D eigenvalue weighted by atomic mass is 35.5. The van der Waals surface area contributed by atoms with E-state index in [1.807, 2.05) is 12.1 Å². The quantitative estimate of drug-likeness (QED) is 0.291. The summed E-state index contributed by atoms with van der Waals surface area (Å²) in [6.07, 6.45) is 3.26. The van der Waals surface area contributed by atoms with Gasteiger partial charge in [0.15, 0.2) is 0 Å². The summed E-state index contributed by atoms with van der Waals surface area (Å²) in [6.45, 7) is 4.20. The maximum absolute atomic E-state index is 10.8. The Labute approximate surface area is 200 Å². The molecule has 0 saturated carbocycles. The van der Waals surface area contributed by atoms with Crippen LogP contribution in [-0.4, -0.2) is 46.4 Å². The fourth-order valence-electron chi connectivity index (χ4n) is 3.92. The van der Waals surface area contributed by atoms with Gasteiger partial charge in [-0.2, -0.15) is 5.10 Å². The first-order chi connectivity index (χ1) is 16.0. The summed E-state index contributed by atoms with van der Waals surface area (Å²) in [5.41, 5.74) is 9.84. The molecule has 1 fully saturated rings. The Morgan fingerprint density at radius 1 is 1.24 bits per heavy atom. The summed E-state index contributed by atoms with van der Waals surface area (Å²) in [7, 11) is 0. The summed E-state index contributed by atoms with van der Waals surface area (Å²) in [5, 5.41) is 26.1. The second-order valence-corrected chi connectivity index (χ2v) is 8.73. The lowest BCUT2D eigenvalue weighted by molar-refractivity contribution is 0.250. The molecule has 2 heterocycles. The minimum absolute atomic E-state index is 0.00214. The Hall–Kier alpha value is -3.05. The predicted octanol–water partition coefficient (Wildman–Crippen LogP) is 4.02. The highest BCUT2D eigenvalue weighted by Crippen LogP contribution is 2.40. The fourth-order valence-corrected chi connectivity index (χ4v) is 4.47. The predicted molar refractivity (Wildman–Crippen MR) is 134 cm³/mol. The maximum Gasteiger partial charge on any atom is 0.130 e. The van der Waals surface area contributed by atoms with Crippen molar-refractivity contribution in [3.8, 4) is 17.0 Å². The molecular weight excluding hydrogens is 462 g/mol. The highest BCUT2D eigenvalue weighted by Gasteiger charge is 2.23. The largest absolute Gasteiger partial charge is 0.507 e. The first kappa shape index (κ1) is 23.1. The number of aromatic hydroxyl groups is 1. The molecule has 6 N–H and O–H groups in total. The molecule has 1 saturated heterocycles. The van der Waals surface area contributed by atoms with E-state index in [4.69, 9.17) is 22.5 Å². The zero-order valence-electron chi connectivity index (χ0n) is 17.7. The number of piperazine rings is 1. The number of phenolic OH excluding ortho intramolecular Hbond substituents is 1. The van der Waals surface area contributed by atoms with Crippen LogP contribution in [0.3, 0.4) is 0 Å². The van der Waals surface area contributed by atoms with E-state index in [1.165, 1.54) is 23.9 Å². The number of hydrogen-bond acceptors (Lipinski definition) is 9. The van der Waals surface area contributed by atoms with Crippen molar-refractivity contribution in [1.82, 2.24) is 15.1 Å². The normalized spacial score (nSPS) is 15.1. The maximum atomic E-state index is 10.8. The number of phenols is 1. The summed E-state index contributed by atoms with van der Waals surface area (Å²) >= 11 is 7.26. The van der Waals surface area contributed by atoms with Gasteiger partial charge in [0.05, 0.1) is 22.6 Å². The number of aromatic nitrogens is 2. The number of hydrogen-bond donors (Lipinski definition) is 4. The Bertz CT molecular complexity index is 1160. The Balaban J connectivity index is 1.42. The number of halogens is 1. The van der Waals surface area contributed by atoms with Crippen LogP contribution in [0.4, 0.5) is 11.4 Å². The number of H-pyrrole nitrogens is 1. The van der Waals surface area contributed by atoms with Crippen molar-refractivity contribution in [3.05, 3.63) is 69.9 Å². The zero-order valence-corrected chi connectivity index (χ0v) is 19.3. The van der Waals surface area contributed by atoms with Crippen molar-refractivity contribution in [3.63, 3.8) is 0 Å². The second-order valence-electron chi connectivity index (χ2n) is 7.65.